The summed E-state index contributed by atoms with van der Waals surface area (Å²) < 4.78 is 1.19. The predicted octanol–water partition coefficient (Wildman–Crippen LogP) is 3.48. The van der Waals surface area contributed by atoms with Crippen LogP contribution in [0, 0.1) is 4.77 Å². The third-order valence-corrected chi connectivity index (χ3v) is 4.07. The predicted molar refractivity (Wildman–Crippen MR) is 102 cm³/mol. The zero-order valence-electron chi connectivity index (χ0n) is 15.4. The molecule has 0 bridgehead atoms. The number of phenols is 1. The van der Waals surface area contributed by atoms with Crippen LogP contribution in [0.4, 0.5) is 0 Å². The molecule has 0 atom stereocenters. The Labute approximate surface area is 152 Å². The van der Waals surface area contributed by atoms with Gasteiger partial charge in [0.15, 0.2) is 0 Å². The first-order valence-electron chi connectivity index (χ1n) is 8.00. The van der Waals surface area contributed by atoms with E-state index in [1.807, 2.05) is 53.7 Å². The van der Waals surface area contributed by atoms with Crippen molar-refractivity contribution < 1.29 is 5.11 Å². The van der Waals surface area contributed by atoms with Crippen molar-refractivity contribution >= 4 is 18.4 Å². The van der Waals surface area contributed by atoms with Crippen LogP contribution in [0.15, 0.2) is 28.2 Å². The third-order valence-electron chi connectivity index (χ3n) is 3.81. The summed E-state index contributed by atoms with van der Waals surface area (Å²) in [6.07, 6.45) is 2.68. The standard InChI is InChI=1S/C18H24N4O2S/c1-17(2,3)12-7-11(8-13(15(12)24)18(4,5)6)9-20-22-14(23)10-19-21-16(22)25/h7-10,24H,1-6H3,(H,21,25)/b20-9-. The fraction of sp³-hybridized carbons (Fsp3) is 0.444. The van der Waals surface area contributed by atoms with Crippen molar-refractivity contribution in [1.29, 1.82) is 0 Å². The van der Waals surface area contributed by atoms with E-state index in [1.165, 1.54) is 0 Å². The van der Waals surface area contributed by atoms with E-state index in [0.717, 1.165) is 27.6 Å². The van der Waals surface area contributed by atoms with E-state index in [1.54, 1.807) is 6.21 Å². The lowest BCUT2D eigenvalue weighted by atomic mass is 9.78. The Bertz CT molecular complexity index is 864. The van der Waals surface area contributed by atoms with Gasteiger partial charge in [-0.3, -0.25) is 9.89 Å². The zero-order chi connectivity index (χ0) is 19.0. The molecule has 2 rings (SSSR count). The minimum Gasteiger partial charge on any atom is -0.507 e. The minimum atomic E-state index is -0.411. The smallest absolute Gasteiger partial charge is 0.293 e. The van der Waals surface area contributed by atoms with Gasteiger partial charge in [-0.25, -0.2) is 0 Å². The first-order chi connectivity index (χ1) is 11.4. The SMILES string of the molecule is CC(C)(C)c1cc(/C=N\n2c(=O)cn[nH]c2=S)cc(C(C)(C)C)c1O. The van der Waals surface area contributed by atoms with Crippen LogP contribution >= 0.6 is 12.2 Å². The maximum atomic E-state index is 11.8. The number of rotatable bonds is 2. The maximum absolute atomic E-state index is 11.8. The minimum absolute atomic E-state index is 0.120. The highest BCUT2D eigenvalue weighted by atomic mass is 32.1. The molecule has 0 aliphatic rings. The number of phenolic OH excluding ortho intramolecular Hbond substituents is 1. The van der Waals surface area contributed by atoms with Crippen molar-refractivity contribution in [3.8, 4) is 5.75 Å². The van der Waals surface area contributed by atoms with E-state index in [2.05, 4.69) is 15.3 Å². The van der Waals surface area contributed by atoms with Gasteiger partial charge in [0.1, 0.15) is 11.9 Å². The van der Waals surface area contributed by atoms with Crippen LogP contribution in [0.3, 0.4) is 0 Å². The van der Waals surface area contributed by atoms with Crippen LogP contribution in [0.5, 0.6) is 5.75 Å². The number of aromatic nitrogens is 3. The molecular formula is C18H24N4O2S. The fourth-order valence-corrected chi connectivity index (χ4v) is 2.64. The molecule has 1 aromatic heterocycles. The van der Waals surface area contributed by atoms with Crippen LogP contribution in [0.1, 0.15) is 58.2 Å². The monoisotopic (exact) mass is 360 g/mol. The number of benzene rings is 1. The van der Waals surface area contributed by atoms with E-state index >= 15 is 0 Å². The number of hydrogen-bond acceptors (Lipinski definition) is 5. The highest BCUT2D eigenvalue weighted by Gasteiger charge is 2.26. The van der Waals surface area contributed by atoms with Gasteiger partial charge in [0, 0.05) is 11.1 Å². The van der Waals surface area contributed by atoms with Gasteiger partial charge < -0.3 is 5.11 Å². The number of hydrogen-bond donors (Lipinski definition) is 2. The summed E-state index contributed by atoms with van der Waals surface area (Å²) in [4.78, 5) is 11.8. The first kappa shape index (κ1) is 19.1. The lowest BCUT2D eigenvalue weighted by Gasteiger charge is -2.27. The Balaban J connectivity index is 2.64. The van der Waals surface area contributed by atoms with Crippen LogP contribution in [-0.4, -0.2) is 26.2 Å². The largest absolute Gasteiger partial charge is 0.507 e. The molecule has 2 N–H and O–H groups in total. The molecule has 1 heterocycles. The molecule has 1 aromatic carbocycles. The van der Waals surface area contributed by atoms with Gasteiger partial charge in [0.25, 0.3) is 5.56 Å². The third kappa shape index (κ3) is 4.22. The second-order valence-electron chi connectivity index (χ2n) is 8.03. The van der Waals surface area contributed by atoms with E-state index in [0.29, 0.717) is 5.75 Å². The van der Waals surface area contributed by atoms with Gasteiger partial charge in [-0.2, -0.15) is 14.9 Å². The zero-order valence-corrected chi connectivity index (χ0v) is 16.2. The second kappa shape index (κ2) is 6.55. The van der Waals surface area contributed by atoms with Gasteiger partial charge in [-0.05, 0) is 40.7 Å². The average Bonchev–Trinajstić information content (AvgIpc) is 2.45. The van der Waals surface area contributed by atoms with Crippen molar-refractivity contribution in [1.82, 2.24) is 14.9 Å². The number of aromatic hydroxyl groups is 1. The molecule has 7 heteroatoms. The number of H-pyrrole nitrogens is 1. The Morgan fingerprint density at radius 1 is 1.16 bits per heavy atom. The second-order valence-corrected chi connectivity index (χ2v) is 8.42. The topological polar surface area (TPSA) is 83.3 Å². The molecule has 0 aliphatic carbocycles. The summed E-state index contributed by atoms with van der Waals surface area (Å²) in [5.41, 5.74) is 1.55. The first-order valence-corrected chi connectivity index (χ1v) is 8.41. The molecule has 2 aromatic rings. The number of nitrogens with one attached hydrogen (secondary N) is 1. The molecule has 0 saturated carbocycles. The van der Waals surface area contributed by atoms with Crippen molar-refractivity contribution in [3.05, 3.63) is 50.1 Å². The fourth-order valence-electron chi connectivity index (χ4n) is 2.45. The van der Waals surface area contributed by atoms with Crippen molar-refractivity contribution in [2.75, 3.05) is 0 Å². The highest BCUT2D eigenvalue weighted by molar-refractivity contribution is 7.71. The summed E-state index contributed by atoms with van der Waals surface area (Å²) in [6.45, 7) is 12.2. The Morgan fingerprint density at radius 3 is 2.12 bits per heavy atom. The number of nitrogens with zero attached hydrogens (tertiary/aromatic N) is 3. The summed E-state index contributed by atoms with van der Waals surface area (Å²) in [5, 5.41) is 21.1. The van der Waals surface area contributed by atoms with Crippen molar-refractivity contribution in [3.63, 3.8) is 0 Å². The average molecular weight is 360 g/mol. The molecule has 0 unspecified atom stereocenters. The van der Waals surface area contributed by atoms with Crippen molar-refractivity contribution in [2.24, 2.45) is 5.10 Å². The quantitative estimate of drug-likeness (QED) is 0.634. The lowest BCUT2D eigenvalue weighted by molar-refractivity contribution is 0.423. The Kier molecular flexibility index (Phi) is 4.99. The van der Waals surface area contributed by atoms with Crippen LogP contribution in [0.2, 0.25) is 0 Å². The molecule has 0 aliphatic heterocycles. The summed E-state index contributed by atoms with van der Waals surface area (Å²) in [5.74, 6) is 0.301. The van der Waals surface area contributed by atoms with Gasteiger partial charge in [-0.1, -0.05) is 41.5 Å². The Hall–Kier alpha value is -2.28. The van der Waals surface area contributed by atoms with Gasteiger partial charge >= 0.3 is 0 Å². The summed E-state index contributed by atoms with van der Waals surface area (Å²) in [6, 6.07) is 3.76. The molecule has 25 heavy (non-hydrogen) atoms. The molecule has 6 nitrogen and oxygen atoms in total. The highest BCUT2D eigenvalue weighted by Crippen LogP contribution is 2.39. The van der Waals surface area contributed by atoms with Crippen LogP contribution < -0.4 is 5.56 Å². The molecule has 0 amide bonds. The van der Waals surface area contributed by atoms with Gasteiger partial charge in [0.05, 0.1) is 6.21 Å². The molecular weight excluding hydrogens is 336 g/mol. The van der Waals surface area contributed by atoms with Crippen molar-refractivity contribution in [2.45, 2.75) is 52.4 Å². The van der Waals surface area contributed by atoms with E-state index in [9.17, 15) is 9.90 Å². The normalized spacial score (nSPS) is 12.7. The maximum Gasteiger partial charge on any atom is 0.293 e. The van der Waals surface area contributed by atoms with Gasteiger partial charge in [-0.15, -0.1) is 0 Å². The molecule has 0 fully saturated rings. The summed E-state index contributed by atoms with van der Waals surface area (Å²) in [7, 11) is 0. The van der Waals surface area contributed by atoms with E-state index in [4.69, 9.17) is 12.2 Å². The molecule has 0 saturated heterocycles. The van der Waals surface area contributed by atoms with Gasteiger partial charge in [0.2, 0.25) is 4.77 Å². The number of aromatic amines is 1. The molecule has 0 spiro atoms. The Morgan fingerprint density at radius 2 is 1.68 bits per heavy atom. The van der Waals surface area contributed by atoms with E-state index < -0.39 is 5.56 Å². The van der Waals surface area contributed by atoms with Crippen LogP contribution in [-0.2, 0) is 10.8 Å². The lowest BCUT2D eigenvalue weighted by Crippen LogP contribution is -2.19. The van der Waals surface area contributed by atoms with E-state index in [-0.39, 0.29) is 15.6 Å². The molecule has 0 radical (unpaired) electrons. The molecule has 134 valence electrons. The van der Waals surface area contributed by atoms with Crippen LogP contribution in [0.25, 0.3) is 0 Å². The summed E-state index contributed by atoms with van der Waals surface area (Å²) >= 11 is 5.04.